The smallest absolute Gasteiger partial charge is 0.251 e. The maximum absolute atomic E-state index is 11.9. The van der Waals surface area contributed by atoms with Crippen LogP contribution in [0.1, 0.15) is 12.0 Å². The van der Waals surface area contributed by atoms with Crippen LogP contribution in [0.15, 0.2) is 23.0 Å². The maximum Gasteiger partial charge on any atom is 0.251 e. The lowest BCUT2D eigenvalue weighted by Crippen LogP contribution is -2.12. The number of hydrogen-bond acceptors (Lipinski definition) is 4. The molecule has 0 aliphatic rings. The molecule has 0 atom stereocenters. The van der Waals surface area contributed by atoms with Gasteiger partial charge in [-0.25, -0.2) is 0 Å². The van der Waals surface area contributed by atoms with Gasteiger partial charge in [0.05, 0.1) is 25.8 Å². The van der Waals surface area contributed by atoms with Gasteiger partial charge in [0.1, 0.15) is 0 Å². The predicted octanol–water partition coefficient (Wildman–Crippen LogP) is 2.00. The van der Waals surface area contributed by atoms with Crippen LogP contribution in [0.5, 0.6) is 11.5 Å². The largest absolute Gasteiger partial charge is 0.493 e. The molecule has 1 aromatic carbocycles. The van der Waals surface area contributed by atoms with Crippen molar-refractivity contribution in [3.8, 4) is 17.6 Å². The zero-order chi connectivity index (χ0) is 13.8. The Morgan fingerprint density at radius 3 is 2.53 bits per heavy atom. The summed E-state index contributed by atoms with van der Waals surface area (Å²) in [5.41, 5.74) is 1.11. The van der Waals surface area contributed by atoms with Crippen molar-refractivity contribution in [2.75, 3.05) is 14.2 Å². The van der Waals surface area contributed by atoms with Crippen molar-refractivity contribution in [2.45, 2.75) is 12.8 Å². The van der Waals surface area contributed by atoms with Crippen LogP contribution in [0.25, 0.3) is 10.9 Å². The lowest BCUT2D eigenvalue weighted by atomic mass is 10.1. The number of ether oxygens (including phenoxy) is 2. The molecule has 0 amide bonds. The van der Waals surface area contributed by atoms with Crippen LogP contribution in [-0.4, -0.2) is 19.2 Å². The summed E-state index contributed by atoms with van der Waals surface area (Å²) < 4.78 is 10.4. The summed E-state index contributed by atoms with van der Waals surface area (Å²) in [5, 5.41) is 9.44. The quantitative estimate of drug-likeness (QED) is 0.910. The topological polar surface area (TPSA) is 75.1 Å². The average molecular weight is 258 g/mol. The first-order valence-electron chi connectivity index (χ1n) is 5.84. The van der Waals surface area contributed by atoms with Crippen molar-refractivity contribution in [3.63, 3.8) is 0 Å². The Kier molecular flexibility index (Phi) is 3.71. The van der Waals surface area contributed by atoms with Gasteiger partial charge in [-0.3, -0.25) is 4.79 Å². The van der Waals surface area contributed by atoms with Gasteiger partial charge in [0.15, 0.2) is 11.5 Å². The summed E-state index contributed by atoms with van der Waals surface area (Å²) in [6.07, 6.45) is 0.762. The molecule has 2 rings (SSSR count). The second-order valence-corrected chi connectivity index (χ2v) is 4.08. The lowest BCUT2D eigenvalue weighted by molar-refractivity contribution is 0.356. The number of benzene rings is 1. The molecule has 2 aromatic rings. The van der Waals surface area contributed by atoms with Gasteiger partial charge < -0.3 is 14.5 Å². The molecule has 19 heavy (non-hydrogen) atoms. The van der Waals surface area contributed by atoms with Crippen LogP contribution in [-0.2, 0) is 6.42 Å². The molecule has 0 fully saturated rings. The third-order valence-corrected chi connectivity index (χ3v) is 2.93. The Hall–Kier alpha value is -2.48. The zero-order valence-electron chi connectivity index (χ0n) is 10.8. The molecule has 5 heteroatoms. The number of aryl methyl sites for hydroxylation is 1. The Labute approximate surface area is 110 Å². The van der Waals surface area contributed by atoms with Gasteiger partial charge in [0.2, 0.25) is 0 Å². The minimum absolute atomic E-state index is 0.171. The summed E-state index contributed by atoms with van der Waals surface area (Å²) in [7, 11) is 3.11. The number of aromatic amines is 1. The highest BCUT2D eigenvalue weighted by Crippen LogP contribution is 2.31. The fourth-order valence-electron chi connectivity index (χ4n) is 1.95. The molecular weight excluding hydrogens is 244 g/mol. The molecule has 0 spiro atoms. The molecule has 98 valence electrons. The Bertz CT molecular complexity index is 698. The number of nitriles is 1. The van der Waals surface area contributed by atoms with Crippen molar-refractivity contribution in [1.29, 1.82) is 5.26 Å². The second-order valence-electron chi connectivity index (χ2n) is 4.08. The molecule has 0 aliphatic carbocycles. The predicted molar refractivity (Wildman–Crippen MR) is 71.6 cm³/mol. The van der Waals surface area contributed by atoms with Crippen molar-refractivity contribution >= 4 is 10.9 Å². The summed E-state index contributed by atoms with van der Waals surface area (Å²) >= 11 is 0. The molecular formula is C14H14N2O3. The third-order valence-electron chi connectivity index (χ3n) is 2.93. The summed E-state index contributed by atoms with van der Waals surface area (Å²) in [4.78, 5) is 14.6. The number of nitrogens with one attached hydrogen (secondary N) is 1. The average Bonchev–Trinajstić information content (AvgIpc) is 2.43. The van der Waals surface area contributed by atoms with Crippen LogP contribution >= 0.6 is 0 Å². The van der Waals surface area contributed by atoms with E-state index in [1.807, 2.05) is 6.07 Å². The minimum atomic E-state index is -0.171. The lowest BCUT2D eigenvalue weighted by Gasteiger charge is -2.09. The second kappa shape index (κ2) is 5.44. The highest BCUT2D eigenvalue weighted by molar-refractivity contribution is 5.83. The van der Waals surface area contributed by atoms with E-state index in [2.05, 4.69) is 4.98 Å². The van der Waals surface area contributed by atoms with E-state index in [0.717, 1.165) is 5.39 Å². The summed E-state index contributed by atoms with van der Waals surface area (Å²) in [5.74, 6) is 1.17. The van der Waals surface area contributed by atoms with Gasteiger partial charge in [-0.15, -0.1) is 0 Å². The molecule has 5 nitrogen and oxygen atoms in total. The number of pyridine rings is 1. The van der Waals surface area contributed by atoms with Crippen LogP contribution in [0.4, 0.5) is 0 Å². The van der Waals surface area contributed by atoms with Crippen molar-refractivity contribution in [3.05, 3.63) is 34.1 Å². The maximum atomic E-state index is 11.9. The van der Waals surface area contributed by atoms with E-state index < -0.39 is 0 Å². The first-order valence-corrected chi connectivity index (χ1v) is 5.84. The fraction of sp³-hybridized carbons (Fsp3) is 0.286. The van der Waals surface area contributed by atoms with Crippen molar-refractivity contribution < 1.29 is 9.47 Å². The first kappa shape index (κ1) is 13.0. The number of hydrogen-bond donors (Lipinski definition) is 1. The Balaban J connectivity index is 2.59. The van der Waals surface area contributed by atoms with Crippen molar-refractivity contribution in [1.82, 2.24) is 4.98 Å². The molecule has 0 saturated heterocycles. The molecule has 0 aliphatic heterocycles. The fourth-order valence-corrected chi connectivity index (χ4v) is 1.95. The van der Waals surface area contributed by atoms with Crippen LogP contribution in [0, 0.1) is 11.3 Å². The van der Waals surface area contributed by atoms with E-state index in [1.54, 1.807) is 32.4 Å². The number of methoxy groups -OCH3 is 2. The van der Waals surface area contributed by atoms with E-state index in [4.69, 9.17) is 14.7 Å². The molecule has 1 heterocycles. The number of H-pyrrole nitrogens is 1. The van der Waals surface area contributed by atoms with Crippen LogP contribution < -0.4 is 15.0 Å². The number of fused-ring (bicyclic) bond motifs is 1. The monoisotopic (exact) mass is 258 g/mol. The first-order chi connectivity index (χ1) is 9.19. The van der Waals surface area contributed by atoms with Gasteiger partial charge in [0, 0.05) is 23.4 Å². The molecule has 0 radical (unpaired) electrons. The molecule has 0 bridgehead atoms. The Morgan fingerprint density at radius 1 is 1.21 bits per heavy atom. The van der Waals surface area contributed by atoms with Gasteiger partial charge in [-0.1, -0.05) is 0 Å². The molecule has 1 N–H and O–H groups in total. The van der Waals surface area contributed by atoms with E-state index >= 15 is 0 Å². The Morgan fingerprint density at radius 2 is 1.89 bits per heavy atom. The van der Waals surface area contributed by atoms with E-state index in [1.165, 1.54) is 0 Å². The summed E-state index contributed by atoms with van der Waals surface area (Å²) in [6.45, 7) is 0. The molecule has 0 saturated carbocycles. The van der Waals surface area contributed by atoms with Gasteiger partial charge in [-0.2, -0.15) is 5.26 Å². The number of aromatic nitrogens is 1. The summed E-state index contributed by atoms with van der Waals surface area (Å²) in [6, 6.07) is 7.35. The zero-order valence-corrected chi connectivity index (χ0v) is 10.8. The highest BCUT2D eigenvalue weighted by Gasteiger charge is 2.08. The van der Waals surface area contributed by atoms with Gasteiger partial charge >= 0.3 is 0 Å². The standard InChI is InChI=1S/C14H14N2O3/c1-18-12-7-10-6-9(4-3-5-15)14(17)16-11(10)8-13(12)19-2/h6-8H,3-4H2,1-2H3,(H,16,17). The van der Waals surface area contributed by atoms with E-state index in [0.29, 0.717) is 35.4 Å². The molecule has 0 unspecified atom stereocenters. The third kappa shape index (κ3) is 2.52. The van der Waals surface area contributed by atoms with E-state index in [-0.39, 0.29) is 5.56 Å². The molecule has 1 aromatic heterocycles. The van der Waals surface area contributed by atoms with Gasteiger partial charge in [0.25, 0.3) is 5.56 Å². The number of rotatable bonds is 4. The normalized spacial score (nSPS) is 10.2. The minimum Gasteiger partial charge on any atom is -0.493 e. The van der Waals surface area contributed by atoms with E-state index in [9.17, 15) is 4.79 Å². The van der Waals surface area contributed by atoms with Crippen molar-refractivity contribution in [2.24, 2.45) is 0 Å². The van der Waals surface area contributed by atoms with Crippen LogP contribution in [0.2, 0.25) is 0 Å². The van der Waals surface area contributed by atoms with Gasteiger partial charge in [-0.05, 0) is 18.6 Å². The van der Waals surface area contributed by atoms with Crippen LogP contribution in [0.3, 0.4) is 0 Å². The highest BCUT2D eigenvalue weighted by atomic mass is 16.5. The number of nitrogens with zero attached hydrogens (tertiary/aromatic N) is 1. The SMILES string of the molecule is COc1cc2cc(CCC#N)c(=O)[nH]c2cc1OC.